The van der Waals surface area contributed by atoms with Crippen molar-refractivity contribution in [2.24, 2.45) is 11.8 Å². The van der Waals surface area contributed by atoms with Crippen molar-refractivity contribution in [2.45, 2.75) is 58.0 Å². The summed E-state index contributed by atoms with van der Waals surface area (Å²) in [5.74, 6) is -0.783. The van der Waals surface area contributed by atoms with Gasteiger partial charge in [0.1, 0.15) is 18.1 Å². The Morgan fingerprint density at radius 2 is 1.46 bits per heavy atom. The average molecular weight is 621 g/mol. The maximum absolute atomic E-state index is 13.1. The fourth-order valence-corrected chi connectivity index (χ4v) is 6.06. The highest BCUT2D eigenvalue weighted by Gasteiger charge is 2.29. The number of carbonyl (C=O) groups is 3. The van der Waals surface area contributed by atoms with Gasteiger partial charge in [-0.05, 0) is 103 Å². The van der Waals surface area contributed by atoms with E-state index < -0.39 is 11.9 Å². The van der Waals surface area contributed by atoms with E-state index in [-0.39, 0.29) is 29.2 Å². The van der Waals surface area contributed by atoms with E-state index in [4.69, 9.17) is 9.47 Å². The maximum atomic E-state index is 13.1. The molecule has 1 aliphatic carbocycles. The Labute approximate surface area is 269 Å². The first kappa shape index (κ1) is 32.5. The number of Topliss-reactive ketones (excluding diaryl/α,β-unsaturated/α-hetero) is 1. The molecule has 1 fully saturated rings. The standard InChI is InChI=1S/C39H40O7/c40-36(10-4-6-28-11-18-32(24-28)38(41)42)35-25-33(39(43)44)19-22-37(35)45-23-5-7-27-14-20-34(21-15-27)46-26-29-12-16-31(17-13-29)30-8-2-1-3-9-30/h1-3,8-9,12-17,19-22,25,28,32H,4-7,10-11,18,23-24,26H2,(H,41,42)(H,43,44)/t28-,32+/m1/s1. The molecule has 0 spiro atoms. The molecule has 0 aromatic heterocycles. The third-order valence-corrected chi connectivity index (χ3v) is 8.69. The molecule has 0 saturated heterocycles. The Balaban J connectivity index is 1.07. The van der Waals surface area contributed by atoms with Crippen LogP contribution in [0.4, 0.5) is 0 Å². The Bertz CT molecular complexity index is 1610. The second kappa shape index (κ2) is 15.9. The Morgan fingerprint density at radius 1 is 0.739 bits per heavy atom. The van der Waals surface area contributed by atoms with Gasteiger partial charge in [0, 0.05) is 6.42 Å². The highest BCUT2D eigenvalue weighted by Crippen LogP contribution is 2.34. The molecule has 0 aliphatic heterocycles. The van der Waals surface area contributed by atoms with E-state index in [0.717, 1.165) is 36.1 Å². The summed E-state index contributed by atoms with van der Waals surface area (Å²) in [6.45, 7) is 0.859. The Morgan fingerprint density at radius 3 is 2.15 bits per heavy atom. The number of carboxylic acids is 2. The minimum atomic E-state index is -1.10. The van der Waals surface area contributed by atoms with Gasteiger partial charge in [0.25, 0.3) is 0 Å². The summed E-state index contributed by atoms with van der Waals surface area (Å²) in [5.41, 5.74) is 4.92. The SMILES string of the molecule is O=C(O)c1ccc(OCCCc2ccc(OCc3ccc(-c4ccccc4)cc3)cc2)c(C(=O)CCC[C@@H]2CC[C@H](C(=O)O)C2)c1. The summed E-state index contributed by atoms with van der Waals surface area (Å²) in [6.07, 6.45) is 5.39. The molecule has 5 rings (SSSR count). The average Bonchev–Trinajstić information content (AvgIpc) is 3.56. The molecular weight excluding hydrogens is 580 g/mol. The van der Waals surface area contributed by atoms with Crippen molar-refractivity contribution >= 4 is 17.7 Å². The monoisotopic (exact) mass is 620 g/mol. The zero-order valence-electron chi connectivity index (χ0n) is 25.9. The minimum Gasteiger partial charge on any atom is -0.493 e. The van der Waals surface area contributed by atoms with E-state index in [0.29, 0.717) is 50.6 Å². The molecule has 0 unspecified atom stereocenters. The molecular formula is C39H40O7. The molecule has 1 saturated carbocycles. The number of aromatic carboxylic acids is 1. The van der Waals surface area contributed by atoms with Crippen molar-refractivity contribution in [3.8, 4) is 22.6 Å². The molecule has 46 heavy (non-hydrogen) atoms. The normalized spacial score (nSPS) is 15.7. The second-order valence-electron chi connectivity index (χ2n) is 12.0. The van der Waals surface area contributed by atoms with Gasteiger partial charge in [-0.15, -0.1) is 0 Å². The maximum Gasteiger partial charge on any atom is 0.335 e. The molecule has 0 bridgehead atoms. The number of aryl methyl sites for hydroxylation is 1. The van der Waals surface area contributed by atoms with E-state index in [2.05, 4.69) is 36.4 Å². The first-order valence-corrected chi connectivity index (χ1v) is 16.0. The van der Waals surface area contributed by atoms with Crippen LogP contribution in [-0.4, -0.2) is 34.5 Å². The van der Waals surface area contributed by atoms with Crippen molar-refractivity contribution < 1.29 is 34.1 Å². The van der Waals surface area contributed by atoms with Crippen molar-refractivity contribution in [1.82, 2.24) is 0 Å². The molecule has 4 aromatic carbocycles. The van der Waals surface area contributed by atoms with Crippen molar-refractivity contribution in [1.29, 1.82) is 0 Å². The van der Waals surface area contributed by atoms with Crippen molar-refractivity contribution in [2.75, 3.05) is 6.61 Å². The van der Waals surface area contributed by atoms with Gasteiger partial charge in [0.15, 0.2) is 5.78 Å². The molecule has 1 aliphatic rings. The molecule has 0 heterocycles. The van der Waals surface area contributed by atoms with Crippen molar-refractivity contribution in [3.63, 3.8) is 0 Å². The second-order valence-corrected chi connectivity index (χ2v) is 12.0. The van der Waals surface area contributed by atoms with Crippen LogP contribution in [0.2, 0.25) is 0 Å². The summed E-state index contributed by atoms with van der Waals surface area (Å²) < 4.78 is 12.0. The van der Waals surface area contributed by atoms with E-state index >= 15 is 0 Å². The van der Waals surface area contributed by atoms with E-state index in [9.17, 15) is 24.6 Å². The number of rotatable bonds is 16. The quantitative estimate of drug-likeness (QED) is 0.0955. The first-order chi connectivity index (χ1) is 22.4. The van der Waals surface area contributed by atoms with Crippen LogP contribution in [0, 0.1) is 11.8 Å². The van der Waals surface area contributed by atoms with Gasteiger partial charge in [-0.1, -0.05) is 66.7 Å². The smallest absolute Gasteiger partial charge is 0.335 e. The van der Waals surface area contributed by atoms with Crippen LogP contribution in [0.15, 0.2) is 97.1 Å². The Kier molecular flexibility index (Phi) is 11.2. The van der Waals surface area contributed by atoms with Gasteiger partial charge in [0.2, 0.25) is 0 Å². The lowest BCUT2D eigenvalue weighted by Crippen LogP contribution is -2.10. The third-order valence-electron chi connectivity index (χ3n) is 8.69. The lowest BCUT2D eigenvalue weighted by molar-refractivity contribution is -0.141. The van der Waals surface area contributed by atoms with Crippen LogP contribution in [0.1, 0.15) is 76.8 Å². The van der Waals surface area contributed by atoms with Crippen LogP contribution in [0.25, 0.3) is 11.1 Å². The summed E-state index contributed by atoms with van der Waals surface area (Å²) in [6, 6.07) is 31.0. The van der Waals surface area contributed by atoms with Crippen LogP contribution in [0.5, 0.6) is 11.5 Å². The molecule has 7 nitrogen and oxygen atoms in total. The summed E-state index contributed by atoms with van der Waals surface area (Å²) in [7, 11) is 0. The molecule has 2 N–H and O–H groups in total. The van der Waals surface area contributed by atoms with E-state index in [1.807, 2.05) is 42.5 Å². The van der Waals surface area contributed by atoms with Crippen molar-refractivity contribution in [3.05, 3.63) is 119 Å². The number of ether oxygens (including phenoxy) is 2. The number of carboxylic acid groups (broad SMARTS) is 2. The van der Waals surface area contributed by atoms with Gasteiger partial charge < -0.3 is 19.7 Å². The Hall–Kier alpha value is -4.91. The van der Waals surface area contributed by atoms with E-state index in [1.54, 1.807) is 6.07 Å². The number of ketones is 1. The van der Waals surface area contributed by atoms with Gasteiger partial charge in [0.05, 0.1) is 23.7 Å². The fourth-order valence-electron chi connectivity index (χ4n) is 6.06. The summed E-state index contributed by atoms with van der Waals surface area (Å²) >= 11 is 0. The summed E-state index contributed by atoms with van der Waals surface area (Å²) in [4.78, 5) is 35.9. The molecule has 7 heteroatoms. The fraction of sp³-hybridized carbons (Fsp3) is 0.308. The van der Waals surface area contributed by atoms with E-state index in [1.165, 1.54) is 23.3 Å². The molecule has 2 atom stereocenters. The molecule has 0 amide bonds. The van der Waals surface area contributed by atoms with Gasteiger partial charge in [-0.3, -0.25) is 9.59 Å². The number of hydrogen-bond acceptors (Lipinski definition) is 5. The zero-order valence-corrected chi connectivity index (χ0v) is 25.9. The van der Waals surface area contributed by atoms with Crippen LogP contribution in [0.3, 0.4) is 0 Å². The lowest BCUT2D eigenvalue weighted by atomic mass is 9.96. The predicted molar refractivity (Wildman–Crippen MR) is 177 cm³/mol. The minimum absolute atomic E-state index is 0.0438. The molecule has 238 valence electrons. The molecule has 4 aromatic rings. The molecule has 0 radical (unpaired) electrons. The highest BCUT2D eigenvalue weighted by molar-refractivity contribution is 6.01. The first-order valence-electron chi connectivity index (χ1n) is 16.0. The van der Waals surface area contributed by atoms with Gasteiger partial charge in [-0.2, -0.15) is 0 Å². The topological polar surface area (TPSA) is 110 Å². The van der Waals surface area contributed by atoms with Gasteiger partial charge >= 0.3 is 11.9 Å². The number of benzene rings is 4. The lowest BCUT2D eigenvalue weighted by Gasteiger charge is -2.13. The third kappa shape index (κ3) is 9.07. The number of hydrogen-bond donors (Lipinski definition) is 2. The number of aliphatic carboxylic acids is 1. The number of carbonyl (C=O) groups excluding carboxylic acids is 1. The zero-order chi connectivity index (χ0) is 32.3. The largest absolute Gasteiger partial charge is 0.493 e. The van der Waals surface area contributed by atoms with Crippen LogP contribution in [-0.2, 0) is 17.8 Å². The highest BCUT2D eigenvalue weighted by atomic mass is 16.5. The van der Waals surface area contributed by atoms with Crippen LogP contribution >= 0.6 is 0 Å². The summed E-state index contributed by atoms with van der Waals surface area (Å²) in [5, 5.41) is 18.7. The van der Waals surface area contributed by atoms with Gasteiger partial charge in [-0.25, -0.2) is 4.79 Å². The predicted octanol–water partition coefficient (Wildman–Crippen LogP) is 8.50. The van der Waals surface area contributed by atoms with Crippen LogP contribution < -0.4 is 9.47 Å².